The first-order valence-corrected chi connectivity index (χ1v) is 9.32. The normalized spacial score (nSPS) is 11.9. The molecule has 2 rings (SSSR count). The fourth-order valence-electron chi connectivity index (χ4n) is 2.26. The quantitative estimate of drug-likeness (QED) is 0.527. The van der Waals surface area contributed by atoms with Crippen LogP contribution in [0.4, 0.5) is 20.2 Å². The van der Waals surface area contributed by atoms with Gasteiger partial charge in [0.2, 0.25) is 5.82 Å². The molecule has 0 saturated heterocycles. The smallest absolute Gasteiger partial charge is 0.288 e. The molecule has 0 aliphatic heterocycles. The molecule has 0 aliphatic rings. The van der Waals surface area contributed by atoms with E-state index in [9.17, 15) is 23.5 Å². The van der Waals surface area contributed by atoms with Gasteiger partial charge in [0, 0.05) is 17.2 Å². The Morgan fingerprint density at radius 3 is 2.68 bits per heavy atom. The standard InChI is InChI=1S/C18H20BrF2N3O4/c1-3-11(25)9-28-23-17(26)12-8-24(4-2)18(27)15(21)16(12)22-14-6-5-10(19)7-13(14)20/h5-8,11,22,25H,3-4,9H2,1-2H3,(H,23,26). The van der Waals surface area contributed by atoms with E-state index in [0.29, 0.717) is 10.9 Å². The maximum absolute atomic E-state index is 14.7. The Labute approximate surface area is 168 Å². The van der Waals surface area contributed by atoms with E-state index in [1.807, 2.05) is 0 Å². The Bertz CT molecular complexity index is 920. The molecule has 0 aliphatic carbocycles. The van der Waals surface area contributed by atoms with Crippen molar-refractivity contribution < 1.29 is 23.5 Å². The average Bonchev–Trinajstić information content (AvgIpc) is 2.67. The first kappa shape index (κ1) is 22.0. The van der Waals surface area contributed by atoms with Crippen LogP contribution in [0.15, 0.2) is 33.7 Å². The van der Waals surface area contributed by atoms with Gasteiger partial charge in [-0.1, -0.05) is 22.9 Å². The molecule has 1 heterocycles. The number of anilines is 2. The number of carbonyl (C=O) groups is 1. The number of amides is 1. The van der Waals surface area contributed by atoms with Crippen LogP contribution in [0, 0.1) is 11.6 Å². The van der Waals surface area contributed by atoms with E-state index >= 15 is 0 Å². The molecular weight excluding hydrogens is 440 g/mol. The number of aryl methyl sites for hydroxylation is 1. The van der Waals surface area contributed by atoms with Crippen LogP contribution in [-0.2, 0) is 11.4 Å². The van der Waals surface area contributed by atoms with Crippen LogP contribution in [0.5, 0.6) is 0 Å². The summed E-state index contributed by atoms with van der Waals surface area (Å²) < 4.78 is 30.3. The van der Waals surface area contributed by atoms with Crippen molar-refractivity contribution in [1.82, 2.24) is 10.0 Å². The van der Waals surface area contributed by atoms with Crippen LogP contribution in [0.25, 0.3) is 0 Å². The molecule has 7 nitrogen and oxygen atoms in total. The van der Waals surface area contributed by atoms with Gasteiger partial charge < -0.3 is 15.0 Å². The third-order valence-electron chi connectivity index (χ3n) is 3.91. The topological polar surface area (TPSA) is 92.6 Å². The molecule has 0 bridgehead atoms. The van der Waals surface area contributed by atoms with Gasteiger partial charge in [0.05, 0.1) is 23.0 Å². The van der Waals surface area contributed by atoms with Crippen LogP contribution in [0.3, 0.4) is 0 Å². The SMILES string of the molecule is CCC(O)CONC(=O)c1cn(CC)c(=O)c(F)c1Nc1ccc(Br)cc1F. The minimum Gasteiger partial charge on any atom is -0.391 e. The highest BCUT2D eigenvalue weighted by Crippen LogP contribution is 2.26. The first-order chi connectivity index (χ1) is 13.3. The molecule has 1 aromatic carbocycles. The number of hydroxylamine groups is 1. The molecule has 0 radical (unpaired) electrons. The lowest BCUT2D eigenvalue weighted by Crippen LogP contribution is -2.32. The summed E-state index contributed by atoms with van der Waals surface area (Å²) in [6.07, 6.45) is 0.788. The van der Waals surface area contributed by atoms with Gasteiger partial charge in [-0.05, 0) is 31.5 Å². The van der Waals surface area contributed by atoms with Gasteiger partial charge in [-0.25, -0.2) is 9.87 Å². The van der Waals surface area contributed by atoms with E-state index in [-0.39, 0.29) is 24.4 Å². The van der Waals surface area contributed by atoms with Gasteiger partial charge in [0.15, 0.2) is 0 Å². The Kier molecular flexibility index (Phi) is 7.67. The number of carbonyl (C=O) groups excluding carboxylic acids is 1. The van der Waals surface area contributed by atoms with Crippen LogP contribution >= 0.6 is 15.9 Å². The Hall–Kier alpha value is -2.30. The van der Waals surface area contributed by atoms with E-state index in [1.165, 1.54) is 12.1 Å². The molecule has 0 spiro atoms. The Morgan fingerprint density at radius 2 is 2.07 bits per heavy atom. The number of aromatic nitrogens is 1. The second-order valence-electron chi connectivity index (χ2n) is 5.88. The molecule has 1 atom stereocenters. The van der Waals surface area contributed by atoms with Crippen molar-refractivity contribution in [3.63, 3.8) is 0 Å². The summed E-state index contributed by atoms with van der Waals surface area (Å²) in [5, 5.41) is 11.9. The summed E-state index contributed by atoms with van der Waals surface area (Å²) in [5.41, 5.74) is 0.279. The van der Waals surface area contributed by atoms with E-state index in [4.69, 9.17) is 4.84 Å². The number of hydrogen-bond acceptors (Lipinski definition) is 5. The number of rotatable bonds is 8. The number of halogens is 3. The molecule has 152 valence electrons. The Balaban J connectivity index is 2.41. The van der Waals surface area contributed by atoms with Gasteiger partial charge in [-0.3, -0.25) is 14.4 Å². The van der Waals surface area contributed by atoms with Crippen molar-refractivity contribution in [2.45, 2.75) is 32.9 Å². The fraction of sp³-hybridized carbons (Fsp3) is 0.333. The summed E-state index contributed by atoms with van der Waals surface area (Å²) in [6.45, 7) is 3.30. The van der Waals surface area contributed by atoms with Crippen LogP contribution in [-0.4, -0.2) is 28.3 Å². The zero-order chi connectivity index (χ0) is 20.8. The van der Waals surface area contributed by atoms with Crippen LogP contribution < -0.4 is 16.4 Å². The third-order valence-corrected chi connectivity index (χ3v) is 4.40. The summed E-state index contributed by atoms with van der Waals surface area (Å²) in [4.78, 5) is 29.5. The number of aliphatic hydroxyl groups is 1. The number of pyridine rings is 1. The minimum atomic E-state index is -1.23. The van der Waals surface area contributed by atoms with Gasteiger partial charge in [-0.15, -0.1) is 0 Å². The van der Waals surface area contributed by atoms with Crippen molar-refractivity contribution in [2.75, 3.05) is 11.9 Å². The second kappa shape index (κ2) is 9.76. The summed E-state index contributed by atoms with van der Waals surface area (Å²) in [5.74, 6) is -2.79. The molecule has 10 heteroatoms. The van der Waals surface area contributed by atoms with Gasteiger partial charge in [0.25, 0.3) is 11.5 Å². The van der Waals surface area contributed by atoms with Crippen molar-refractivity contribution in [3.8, 4) is 0 Å². The molecule has 28 heavy (non-hydrogen) atoms. The molecule has 1 amide bonds. The Morgan fingerprint density at radius 1 is 1.36 bits per heavy atom. The summed E-state index contributed by atoms with van der Waals surface area (Å²) >= 11 is 3.11. The largest absolute Gasteiger partial charge is 0.391 e. The van der Waals surface area contributed by atoms with E-state index < -0.39 is 34.9 Å². The predicted molar refractivity (Wildman–Crippen MR) is 103 cm³/mol. The summed E-state index contributed by atoms with van der Waals surface area (Å²) in [7, 11) is 0. The van der Waals surface area contributed by atoms with Crippen LogP contribution in [0.1, 0.15) is 30.6 Å². The predicted octanol–water partition coefficient (Wildman–Crippen LogP) is 3.08. The number of aliphatic hydroxyl groups excluding tert-OH is 1. The monoisotopic (exact) mass is 459 g/mol. The lowest BCUT2D eigenvalue weighted by Gasteiger charge is -2.16. The molecule has 3 N–H and O–H groups in total. The van der Waals surface area contributed by atoms with Gasteiger partial charge in [0.1, 0.15) is 12.4 Å². The molecule has 0 saturated carbocycles. The van der Waals surface area contributed by atoms with E-state index in [1.54, 1.807) is 13.8 Å². The van der Waals surface area contributed by atoms with Gasteiger partial charge >= 0.3 is 0 Å². The maximum atomic E-state index is 14.7. The van der Waals surface area contributed by atoms with E-state index in [2.05, 4.69) is 26.7 Å². The van der Waals surface area contributed by atoms with Crippen molar-refractivity contribution in [2.24, 2.45) is 0 Å². The lowest BCUT2D eigenvalue weighted by molar-refractivity contribution is -0.0133. The zero-order valence-corrected chi connectivity index (χ0v) is 16.8. The van der Waals surface area contributed by atoms with Gasteiger partial charge in [-0.2, -0.15) is 4.39 Å². The molecule has 1 unspecified atom stereocenters. The highest BCUT2D eigenvalue weighted by atomic mass is 79.9. The zero-order valence-electron chi connectivity index (χ0n) is 15.3. The first-order valence-electron chi connectivity index (χ1n) is 8.53. The third kappa shape index (κ3) is 5.15. The average molecular weight is 460 g/mol. The molecular formula is C18H20BrF2N3O4. The molecule has 1 aromatic heterocycles. The highest BCUT2D eigenvalue weighted by Gasteiger charge is 2.22. The van der Waals surface area contributed by atoms with Crippen LogP contribution in [0.2, 0.25) is 0 Å². The second-order valence-corrected chi connectivity index (χ2v) is 6.79. The number of nitrogens with one attached hydrogen (secondary N) is 2. The maximum Gasteiger partial charge on any atom is 0.288 e. The lowest BCUT2D eigenvalue weighted by atomic mass is 10.2. The number of nitrogens with zero attached hydrogens (tertiary/aromatic N) is 1. The highest BCUT2D eigenvalue weighted by molar-refractivity contribution is 9.10. The number of hydrogen-bond donors (Lipinski definition) is 3. The minimum absolute atomic E-state index is 0.118. The molecule has 0 fully saturated rings. The van der Waals surface area contributed by atoms with E-state index in [0.717, 1.165) is 16.8 Å². The van der Waals surface area contributed by atoms with Crippen molar-refractivity contribution >= 4 is 33.2 Å². The number of benzene rings is 1. The fourth-order valence-corrected chi connectivity index (χ4v) is 2.59. The van der Waals surface area contributed by atoms with Crippen molar-refractivity contribution in [3.05, 3.63) is 56.4 Å². The van der Waals surface area contributed by atoms with Crippen molar-refractivity contribution in [1.29, 1.82) is 0 Å². The summed E-state index contributed by atoms with van der Waals surface area (Å²) in [6, 6.07) is 4.01. The molecule has 2 aromatic rings.